The first-order valence-corrected chi connectivity index (χ1v) is 19.0. The second kappa shape index (κ2) is 19.8. The van der Waals surface area contributed by atoms with Crippen LogP contribution in [-0.2, 0) is 4.42 Å². The van der Waals surface area contributed by atoms with Gasteiger partial charge in [0.2, 0.25) is 0 Å². The number of hydrogen-bond acceptors (Lipinski definition) is 2. The van der Waals surface area contributed by atoms with Crippen LogP contribution in [0.2, 0.25) is 0 Å². The van der Waals surface area contributed by atoms with Crippen LogP contribution >= 0.6 is 0 Å². The molecule has 3 nitrogen and oxygen atoms in total. The van der Waals surface area contributed by atoms with E-state index in [9.17, 15) is 52.7 Å². The van der Waals surface area contributed by atoms with E-state index in [-0.39, 0.29) is 0 Å². The quantitative estimate of drug-likeness (QED) is 0.0500. The number of benzene rings is 6. The topological polar surface area (TPSA) is 29.8 Å². The normalized spacial score (nSPS) is 12.3. The van der Waals surface area contributed by atoms with Crippen molar-refractivity contribution in [2.75, 3.05) is 21.3 Å². The average Bonchev–Trinajstić information content (AvgIpc) is 3.37. The second-order valence-electron chi connectivity index (χ2n) is 14.4. The van der Waals surface area contributed by atoms with E-state index >= 15 is 35.1 Å². The molecule has 0 spiro atoms. The van der Waals surface area contributed by atoms with E-state index in [1.54, 1.807) is 21.3 Å². The van der Waals surface area contributed by atoms with Crippen LogP contribution in [-0.4, -0.2) is 33.3 Å². The van der Waals surface area contributed by atoms with Gasteiger partial charge in [-0.05, 0) is 58.7 Å². The third-order valence-electron chi connectivity index (χ3n) is 10.8. The monoisotopic (exact) mass is 1010 g/mol. The van der Waals surface area contributed by atoms with Crippen molar-refractivity contribution in [3.8, 4) is 11.5 Å². The minimum Gasteiger partial charge on any atom is -0.497 e. The third kappa shape index (κ3) is 8.31. The smallest absolute Gasteiger partial charge is 0.343 e. The van der Waals surface area contributed by atoms with E-state index in [1.165, 1.54) is 0 Å². The molecule has 0 bridgehead atoms. The van der Waals surface area contributed by atoms with Gasteiger partial charge < -0.3 is 9.47 Å². The Morgan fingerprint density at radius 2 is 0.543 bits per heavy atom. The van der Waals surface area contributed by atoms with E-state index in [0.717, 1.165) is 39.6 Å². The van der Waals surface area contributed by atoms with Gasteiger partial charge in [0.25, 0.3) is 7.11 Å². The Balaban J connectivity index is 0.000000270. The standard InChI is InChI=1S/C24BF20.C22H21O3/c26-5-1(6(27)14(35)21(42)13(5)34)25(2-7(28)15(36)22(43)16(37)8(2)29,3-9(30)17(38)23(44)18(39)10(3)31)4-11(32)19(40)24(45)20(41)12(4)33;1-23-19-10-4-16(5-11-19)22(17-6-12-20(24-2)13-7-17)18-8-14-21(25-3)15-9-18/h;4-15H,1-3H3/q-1;+1. The summed E-state index contributed by atoms with van der Waals surface area (Å²) in [6.45, 7) is 0. The van der Waals surface area contributed by atoms with Crippen molar-refractivity contribution < 1.29 is 102 Å². The van der Waals surface area contributed by atoms with Crippen LogP contribution in [0.5, 0.6) is 11.5 Å². The van der Waals surface area contributed by atoms with Crippen molar-refractivity contribution in [3.63, 3.8) is 0 Å². The number of allylic oxidation sites excluding steroid dienone is 5. The maximum Gasteiger partial charge on any atom is 0.343 e. The van der Waals surface area contributed by atoms with Crippen LogP contribution < -0.4 is 31.3 Å². The van der Waals surface area contributed by atoms with E-state index in [0.29, 0.717) is 0 Å². The molecule has 0 aromatic heterocycles. The van der Waals surface area contributed by atoms with E-state index in [2.05, 4.69) is 36.4 Å². The maximum absolute atomic E-state index is 15.4. The van der Waals surface area contributed by atoms with Crippen molar-refractivity contribution >= 4 is 39.4 Å². The maximum atomic E-state index is 15.4. The number of rotatable bonds is 8. The first-order chi connectivity index (χ1) is 32.9. The molecule has 0 radical (unpaired) electrons. The summed E-state index contributed by atoms with van der Waals surface area (Å²) < 4.78 is 310. The minimum atomic E-state index is -7.22. The van der Waals surface area contributed by atoms with Crippen molar-refractivity contribution in [1.82, 2.24) is 0 Å². The molecule has 0 saturated carbocycles. The summed E-state index contributed by atoms with van der Waals surface area (Å²) in [5.41, 5.74) is -9.82. The SMILES string of the molecule is COc1ccc(C(=C2C=CC(=[O+]C)C=C2)c2ccc(OC)cc2)cc1.Fc1c(F)c(F)c([B-](c2c(F)c(F)c(F)c(F)c2F)(c2c(F)c(F)c(F)c(F)c2F)c2c(F)c(F)c(F)c(F)c2F)c(F)c1F. The molecule has 0 amide bonds. The van der Waals surface area contributed by atoms with Gasteiger partial charge in [-0.25, -0.2) is 87.8 Å². The van der Waals surface area contributed by atoms with Gasteiger partial charge in [-0.15, -0.1) is 21.9 Å². The van der Waals surface area contributed by atoms with Crippen LogP contribution in [0.4, 0.5) is 87.8 Å². The molecule has 0 heterocycles. The summed E-state index contributed by atoms with van der Waals surface area (Å²) in [4.78, 5) is 0. The van der Waals surface area contributed by atoms with Gasteiger partial charge in [-0.1, -0.05) is 24.3 Å². The lowest BCUT2D eigenvalue weighted by Crippen LogP contribution is -2.81. The predicted octanol–water partition coefficient (Wildman–Crippen LogP) is 10.2. The second-order valence-corrected chi connectivity index (χ2v) is 14.4. The molecule has 0 fully saturated rings. The number of ether oxygens (including phenoxy) is 2. The van der Waals surface area contributed by atoms with Crippen molar-refractivity contribution in [1.29, 1.82) is 0 Å². The predicted molar refractivity (Wildman–Crippen MR) is 210 cm³/mol. The number of ketones is 1. The lowest BCUT2D eigenvalue weighted by molar-refractivity contribution is -0.417. The van der Waals surface area contributed by atoms with Crippen molar-refractivity contribution in [3.05, 3.63) is 206 Å². The first kappa shape index (κ1) is 51.9. The molecule has 24 heteroatoms. The zero-order valence-corrected chi connectivity index (χ0v) is 34.8. The van der Waals surface area contributed by atoms with Gasteiger partial charge in [0.15, 0.2) is 69.8 Å². The molecule has 0 N–H and O–H groups in total. The Morgan fingerprint density at radius 3 is 0.743 bits per heavy atom. The van der Waals surface area contributed by atoms with Crippen LogP contribution in [0.15, 0.2) is 78.4 Å². The Morgan fingerprint density at radius 1 is 0.329 bits per heavy atom. The number of methoxy groups -OCH3 is 2. The lowest BCUT2D eigenvalue weighted by atomic mass is 9.12. The molecule has 366 valence electrons. The summed E-state index contributed by atoms with van der Waals surface area (Å²) >= 11 is 0. The largest absolute Gasteiger partial charge is 0.497 e. The minimum absolute atomic E-state index is 0.840. The summed E-state index contributed by atoms with van der Waals surface area (Å²) in [5, 5.41) is 0. The Bertz CT molecular complexity index is 2770. The highest BCUT2D eigenvalue weighted by Crippen LogP contribution is 2.33. The van der Waals surface area contributed by atoms with Gasteiger partial charge in [-0.2, -0.15) is 0 Å². The fraction of sp³-hybridized carbons (Fsp3) is 0.0652. The summed E-state index contributed by atoms with van der Waals surface area (Å²) in [7, 11) is 5.02. The highest BCUT2D eigenvalue weighted by atomic mass is 19.2. The number of carbonyl (C=O) groups excluding carboxylic acids is 1. The van der Waals surface area contributed by atoms with E-state index in [4.69, 9.17) is 13.9 Å². The van der Waals surface area contributed by atoms with E-state index in [1.807, 2.05) is 36.4 Å². The molecule has 7 rings (SSSR count). The zero-order chi connectivity index (χ0) is 52.0. The van der Waals surface area contributed by atoms with Crippen LogP contribution in [0.1, 0.15) is 11.1 Å². The average molecular weight is 1010 g/mol. The van der Waals surface area contributed by atoms with Crippen LogP contribution in [0.3, 0.4) is 0 Å². The Kier molecular flexibility index (Phi) is 14.7. The Hall–Kier alpha value is -7.53. The fourth-order valence-corrected chi connectivity index (χ4v) is 7.65. The van der Waals surface area contributed by atoms with Crippen molar-refractivity contribution in [2.45, 2.75) is 0 Å². The molecule has 0 saturated heterocycles. The molecule has 6 aromatic rings. The highest BCUT2D eigenvalue weighted by Gasteiger charge is 2.52. The summed E-state index contributed by atoms with van der Waals surface area (Å²) in [6.07, 6.45) is 0.876. The summed E-state index contributed by atoms with van der Waals surface area (Å²) in [6, 6.07) is 16.2. The lowest BCUT2D eigenvalue weighted by Gasteiger charge is -2.44. The van der Waals surface area contributed by atoms with Crippen LogP contribution in [0.25, 0.3) is 5.57 Å². The number of hydrogen-bond donors (Lipinski definition) is 0. The van der Waals surface area contributed by atoms with Gasteiger partial charge in [-0.3, -0.25) is 4.42 Å². The molecule has 1 aliphatic carbocycles. The fourth-order valence-electron chi connectivity index (χ4n) is 7.65. The number of halogens is 20. The third-order valence-corrected chi connectivity index (χ3v) is 10.8. The molecule has 0 unspecified atom stereocenters. The van der Waals surface area contributed by atoms with Gasteiger partial charge in [0.05, 0.1) is 14.2 Å². The van der Waals surface area contributed by atoms with Gasteiger partial charge >= 0.3 is 5.78 Å². The molecule has 0 atom stereocenters. The first-order valence-electron chi connectivity index (χ1n) is 19.0. The highest BCUT2D eigenvalue weighted by molar-refractivity contribution is 7.20. The summed E-state index contributed by atoms with van der Waals surface area (Å²) in [5.74, 6) is -68.9. The molecule has 1 aliphatic rings. The Labute approximate surface area is 379 Å². The molecule has 0 aliphatic heterocycles. The molecule has 6 aromatic carbocycles. The molecular weight excluding hydrogens is 991 g/mol. The van der Waals surface area contributed by atoms with Crippen LogP contribution in [0, 0.1) is 116 Å². The zero-order valence-electron chi connectivity index (χ0n) is 34.8. The molecule has 70 heavy (non-hydrogen) atoms. The molecular formula is C46H21BF20O3. The van der Waals surface area contributed by atoms with Crippen molar-refractivity contribution in [2.24, 2.45) is 0 Å². The van der Waals surface area contributed by atoms with E-state index < -0.39 is 144 Å². The van der Waals surface area contributed by atoms with Gasteiger partial charge in [0, 0.05) is 12.2 Å². The van der Waals surface area contributed by atoms with Gasteiger partial charge in [0.1, 0.15) is 64.2 Å².